The van der Waals surface area contributed by atoms with Gasteiger partial charge in [-0.1, -0.05) is 34.1 Å². The van der Waals surface area contributed by atoms with E-state index in [1.165, 1.54) is 0 Å². The van der Waals surface area contributed by atoms with Crippen LogP contribution in [0, 0.1) is 0 Å². The number of morpholine rings is 1. The molecule has 3 rings (SSSR count). The molecular weight excluding hydrogens is 372 g/mol. The Morgan fingerprint density at radius 3 is 2.54 bits per heavy atom. The van der Waals surface area contributed by atoms with Crippen LogP contribution in [-0.2, 0) is 4.74 Å². The second-order valence-corrected chi connectivity index (χ2v) is 6.33. The van der Waals surface area contributed by atoms with Gasteiger partial charge in [-0.2, -0.15) is 0 Å². The van der Waals surface area contributed by atoms with E-state index >= 15 is 0 Å². The number of carbonyl (C=O) groups is 2. The molecule has 0 aromatic heterocycles. The molecule has 1 N–H and O–H groups in total. The number of nitrogens with one attached hydrogen (secondary N) is 1. The molecule has 0 bridgehead atoms. The van der Waals surface area contributed by atoms with Gasteiger partial charge in [0.2, 0.25) is 0 Å². The molecule has 0 radical (unpaired) electrons. The lowest BCUT2D eigenvalue weighted by atomic mass is 10.1. The van der Waals surface area contributed by atoms with Crippen molar-refractivity contribution in [1.29, 1.82) is 0 Å². The van der Waals surface area contributed by atoms with Crippen LogP contribution in [0.15, 0.2) is 53.0 Å². The van der Waals surface area contributed by atoms with E-state index in [4.69, 9.17) is 4.74 Å². The predicted octanol–water partition coefficient (Wildman–Crippen LogP) is 3.17. The van der Waals surface area contributed by atoms with E-state index in [9.17, 15) is 9.59 Å². The van der Waals surface area contributed by atoms with Crippen molar-refractivity contribution in [3.8, 4) is 0 Å². The maximum Gasteiger partial charge on any atom is 0.256 e. The lowest BCUT2D eigenvalue weighted by Gasteiger charge is -2.27. The van der Waals surface area contributed by atoms with Crippen LogP contribution < -0.4 is 5.32 Å². The molecule has 24 heavy (non-hydrogen) atoms. The Morgan fingerprint density at radius 1 is 1.04 bits per heavy atom. The van der Waals surface area contributed by atoms with Crippen molar-refractivity contribution in [1.82, 2.24) is 4.90 Å². The zero-order valence-electron chi connectivity index (χ0n) is 13.0. The molecule has 0 aliphatic carbocycles. The standard InChI is InChI=1S/C18H17BrN2O3/c19-14-5-3-4-13(12-14)17(22)20-16-7-2-1-6-15(16)18(23)21-8-10-24-11-9-21/h1-7,12H,8-11H2,(H,20,22). The van der Waals surface area contributed by atoms with Gasteiger partial charge >= 0.3 is 0 Å². The fraction of sp³-hybridized carbons (Fsp3) is 0.222. The summed E-state index contributed by atoms with van der Waals surface area (Å²) < 4.78 is 6.11. The van der Waals surface area contributed by atoms with Crippen LogP contribution in [0.2, 0.25) is 0 Å². The molecule has 1 heterocycles. The second-order valence-electron chi connectivity index (χ2n) is 5.41. The first-order chi connectivity index (χ1) is 11.6. The molecule has 0 spiro atoms. The Morgan fingerprint density at radius 2 is 1.79 bits per heavy atom. The fourth-order valence-electron chi connectivity index (χ4n) is 2.54. The van der Waals surface area contributed by atoms with Crippen molar-refractivity contribution in [2.75, 3.05) is 31.6 Å². The number of hydrogen-bond donors (Lipinski definition) is 1. The summed E-state index contributed by atoms with van der Waals surface area (Å²) >= 11 is 3.35. The molecule has 6 heteroatoms. The van der Waals surface area contributed by atoms with E-state index < -0.39 is 0 Å². The minimum absolute atomic E-state index is 0.0940. The zero-order valence-corrected chi connectivity index (χ0v) is 14.6. The van der Waals surface area contributed by atoms with Gasteiger partial charge in [-0.05, 0) is 30.3 Å². The smallest absolute Gasteiger partial charge is 0.256 e. The van der Waals surface area contributed by atoms with Crippen LogP contribution in [0.3, 0.4) is 0 Å². The largest absolute Gasteiger partial charge is 0.378 e. The number of hydrogen-bond acceptors (Lipinski definition) is 3. The SMILES string of the molecule is O=C(Nc1ccccc1C(=O)N1CCOCC1)c1cccc(Br)c1. The highest BCUT2D eigenvalue weighted by Crippen LogP contribution is 2.20. The summed E-state index contributed by atoms with van der Waals surface area (Å²) in [4.78, 5) is 26.9. The number of rotatable bonds is 3. The molecule has 1 aliphatic rings. The maximum absolute atomic E-state index is 12.7. The first kappa shape index (κ1) is 16.7. The van der Waals surface area contributed by atoms with Crippen molar-refractivity contribution in [3.63, 3.8) is 0 Å². The summed E-state index contributed by atoms with van der Waals surface area (Å²) in [6.07, 6.45) is 0. The van der Waals surface area contributed by atoms with Crippen molar-refractivity contribution >= 4 is 33.4 Å². The number of amides is 2. The Labute approximate surface area is 148 Å². The maximum atomic E-state index is 12.7. The zero-order chi connectivity index (χ0) is 16.9. The molecule has 0 unspecified atom stereocenters. The first-order valence-electron chi connectivity index (χ1n) is 7.68. The van der Waals surface area contributed by atoms with Gasteiger partial charge < -0.3 is 15.0 Å². The normalized spacial score (nSPS) is 14.3. The highest BCUT2D eigenvalue weighted by molar-refractivity contribution is 9.10. The monoisotopic (exact) mass is 388 g/mol. The van der Waals surface area contributed by atoms with Gasteiger partial charge in [-0.25, -0.2) is 0 Å². The molecule has 124 valence electrons. The highest BCUT2D eigenvalue weighted by Gasteiger charge is 2.21. The summed E-state index contributed by atoms with van der Waals surface area (Å²) in [6.45, 7) is 2.20. The van der Waals surface area contributed by atoms with Gasteiger partial charge in [0.1, 0.15) is 0 Å². The number of ether oxygens (including phenoxy) is 1. The summed E-state index contributed by atoms with van der Waals surface area (Å²) in [7, 11) is 0. The molecule has 1 fully saturated rings. The van der Waals surface area contributed by atoms with E-state index in [-0.39, 0.29) is 11.8 Å². The third-order valence-electron chi connectivity index (χ3n) is 3.79. The van der Waals surface area contributed by atoms with E-state index in [1.54, 1.807) is 47.4 Å². The Kier molecular flexibility index (Phi) is 5.27. The van der Waals surface area contributed by atoms with Crippen LogP contribution in [0.25, 0.3) is 0 Å². The van der Waals surface area contributed by atoms with Crippen molar-refractivity contribution in [2.24, 2.45) is 0 Å². The summed E-state index contributed by atoms with van der Waals surface area (Å²) in [5.41, 5.74) is 1.53. The Balaban J connectivity index is 1.81. The van der Waals surface area contributed by atoms with Gasteiger partial charge in [0.05, 0.1) is 24.5 Å². The van der Waals surface area contributed by atoms with Crippen LogP contribution in [-0.4, -0.2) is 43.0 Å². The Hall–Kier alpha value is -2.18. The quantitative estimate of drug-likeness (QED) is 0.878. The summed E-state index contributed by atoms with van der Waals surface area (Å²) in [5.74, 6) is -0.345. The third-order valence-corrected chi connectivity index (χ3v) is 4.28. The molecule has 0 atom stereocenters. The van der Waals surface area contributed by atoms with Crippen LogP contribution in [0.1, 0.15) is 20.7 Å². The minimum Gasteiger partial charge on any atom is -0.378 e. The lowest BCUT2D eigenvalue weighted by Crippen LogP contribution is -2.41. The highest BCUT2D eigenvalue weighted by atomic mass is 79.9. The number of benzene rings is 2. The lowest BCUT2D eigenvalue weighted by molar-refractivity contribution is 0.0303. The summed E-state index contributed by atoms with van der Waals surface area (Å²) in [5, 5.41) is 2.84. The number of halogens is 1. The van der Waals surface area contributed by atoms with Gasteiger partial charge in [-0.3, -0.25) is 9.59 Å². The van der Waals surface area contributed by atoms with Crippen LogP contribution in [0.5, 0.6) is 0 Å². The molecule has 1 aliphatic heterocycles. The molecule has 2 aromatic rings. The van der Waals surface area contributed by atoms with Crippen LogP contribution >= 0.6 is 15.9 Å². The molecule has 2 amide bonds. The summed E-state index contributed by atoms with van der Waals surface area (Å²) in [6, 6.07) is 14.2. The number of carbonyl (C=O) groups excluding carboxylic acids is 2. The minimum atomic E-state index is -0.251. The Bertz CT molecular complexity index is 757. The topological polar surface area (TPSA) is 58.6 Å². The van der Waals surface area contributed by atoms with E-state index in [0.717, 1.165) is 4.47 Å². The predicted molar refractivity (Wildman–Crippen MR) is 95.3 cm³/mol. The fourth-order valence-corrected chi connectivity index (χ4v) is 2.94. The molecule has 0 saturated carbocycles. The third kappa shape index (κ3) is 3.83. The average Bonchev–Trinajstić information content (AvgIpc) is 2.62. The number of para-hydroxylation sites is 1. The van der Waals surface area contributed by atoms with Crippen molar-refractivity contribution < 1.29 is 14.3 Å². The number of nitrogens with zero attached hydrogens (tertiary/aromatic N) is 1. The van der Waals surface area contributed by atoms with Gasteiger partial charge in [0.15, 0.2) is 0 Å². The number of anilines is 1. The van der Waals surface area contributed by atoms with Gasteiger partial charge in [-0.15, -0.1) is 0 Å². The van der Waals surface area contributed by atoms with Crippen LogP contribution in [0.4, 0.5) is 5.69 Å². The van der Waals surface area contributed by atoms with E-state index in [0.29, 0.717) is 43.1 Å². The van der Waals surface area contributed by atoms with E-state index in [1.807, 2.05) is 6.07 Å². The van der Waals surface area contributed by atoms with Crippen molar-refractivity contribution in [2.45, 2.75) is 0 Å². The second kappa shape index (κ2) is 7.59. The molecule has 1 saturated heterocycles. The molecular formula is C18H17BrN2O3. The first-order valence-corrected chi connectivity index (χ1v) is 8.47. The molecule has 2 aromatic carbocycles. The van der Waals surface area contributed by atoms with Gasteiger partial charge in [0, 0.05) is 23.1 Å². The molecule has 5 nitrogen and oxygen atoms in total. The van der Waals surface area contributed by atoms with Gasteiger partial charge in [0.25, 0.3) is 11.8 Å². The van der Waals surface area contributed by atoms with Crippen molar-refractivity contribution in [3.05, 3.63) is 64.1 Å². The van der Waals surface area contributed by atoms with E-state index in [2.05, 4.69) is 21.2 Å². The average molecular weight is 389 g/mol.